The molecule has 4 aromatic heterocycles. The highest BCUT2D eigenvalue weighted by Gasteiger charge is 2.30. The molecule has 6 N–H and O–H groups in total. The second-order valence-corrected chi connectivity index (χ2v) is 25.4. The molecule has 0 saturated heterocycles. The van der Waals surface area contributed by atoms with Crippen LogP contribution in [-0.4, -0.2) is 66.7 Å². The fourth-order valence-electron chi connectivity index (χ4n) is 11.3. The molecule has 0 amide bonds. The summed E-state index contributed by atoms with van der Waals surface area (Å²) < 4.78 is 28.7. The van der Waals surface area contributed by atoms with Crippen molar-refractivity contribution in [3.63, 3.8) is 0 Å². The number of ether oxygens (including phenoxy) is 4. The summed E-state index contributed by atoms with van der Waals surface area (Å²) in [5, 5.41) is 13.2. The lowest BCUT2D eigenvalue weighted by Crippen LogP contribution is -2.24. The van der Waals surface area contributed by atoms with Crippen LogP contribution in [0.1, 0.15) is 92.2 Å². The highest BCUT2D eigenvalue weighted by molar-refractivity contribution is 7.20. The van der Waals surface area contributed by atoms with Gasteiger partial charge in [-0.25, -0.2) is 0 Å². The predicted octanol–water partition coefficient (Wildman–Crippen LogP) is 16.9. The minimum atomic E-state index is 0. The van der Waals surface area contributed by atoms with Crippen LogP contribution in [0.15, 0.2) is 121 Å². The van der Waals surface area contributed by atoms with Gasteiger partial charge in [-0.1, -0.05) is 123 Å². The molecule has 0 radical (unpaired) electrons. The van der Waals surface area contributed by atoms with Gasteiger partial charge < -0.3 is 41.0 Å². The molecule has 0 spiro atoms. The molecular formula is C66H74Cl2N4O4S4. The summed E-state index contributed by atoms with van der Waals surface area (Å²) >= 11 is 20.4. The van der Waals surface area contributed by atoms with E-state index in [4.69, 9.17) is 53.6 Å². The van der Waals surface area contributed by atoms with Gasteiger partial charge in [0.15, 0.2) is 0 Å². The van der Waals surface area contributed by atoms with E-state index in [2.05, 4.69) is 133 Å². The van der Waals surface area contributed by atoms with E-state index < -0.39 is 0 Å². The summed E-state index contributed by atoms with van der Waals surface area (Å²) in [6, 6.07) is 43.1. The van der Waals surface area contributed by atoms with Crippen molar-refractivity contribution in [3.05, 3.63) is 184 Å². The van der Waals surface area contributed by atoms with Crippen LogP contribution in [-0.2, 0) is 44.6 Å². The normalized spacial score (nSPS) is 18.0. The van der Waals surface area contributed by atoms with Crippen molar-refractivity contribution in [2.24, 2.45) is 11.5 Å². The van der Waals surface area contributed by atoms with E-state index in [0.29, 0.717) is 13.1 Å². The lowest BCUT2D eigenvalue weighted by atomic mass is 9.98. The Balaban J connectivity index is 0.000000129. The Morgan fingerprint density at radius 2 is 0.775 bits per heavy atom. The summed E-state index contributed by atoms with van der Waals surface area (Å²) in [5.41, 5.74) is 24.3. The van der Waals surface area contributed by atoms with Crippen molar-refractivity contribution >= 4 is 109 Å². The molecule has 4 unspecified atom stereocenters. The van der Waals surface area contributed by atoms with Crippen molar-refractivity contribution in [3.8, 4) is 22.3 Å². The Labute approximate surface area is 498 Å². The summed E-state index contributed by atoms with van der Waals surface area (Å²) in [4.78, 5) is 5.75. The number of likely N-dealkylation sites (N-methyl/N-ethyl adjacent to an activating group) is 2. The number of thiophene rings is 4. The van der Waals surface area contributed by atoms with Gasteiger partial charge >= 0.3 is 0 Å². The van der Waals surface area contributed by atoms with Crippen molar-refractivity contribution in [2.75, 3.05) is 66.7 Å². The zero-order chi connectivity index (χ0) is 53.9. The van der Waals surface area contributed by atoms with Crippen LogP contribution in [0.4, 0.5) is 0 Å². The summed E-state index contributed by atoms with van der Waals surface area (Å²) in [6.07, 6.45) is 4.38. The summed E-state index contributed by atoms with van der Waals surface area (Å²) in [5.74, 6) is 0. The fourth-order valence-corrected chi connectivity index (χ4v) is 16.9. The SMILES string of the molecule is C.C.CNCC1OCCc2sc3ccc(-c4ccccc4)cc3c21.CNCC1OCCc2sc3ccc(C)c(Cl)c3c21.Cc1ccc2sc3c(c2c1Cl)C(CN)OCC3.NCC1OCCc2sc3ccc(-c4ccccc4)cc3c21. The molecule has 0 bridgehead atoms. The average molecular weight is 1190 g/mol. The van der Waals surface area contributed by atoms with Gasteiger partial charge in [0.25, 0.3) is 0 Å². The van der Waals surface area contributed by atoms with E-state index in [-0.39, 0.29) is 39.3 Å². The Bertz CT molecular complexity index is 3710. The number of hydrogen-bond acceptors (Lipinski definition) is 12. The van der Waals surface area contributed by atoms with Crippen LogP contribution in [0.25, 0.3) is 62.6 Å². The van der Waals surface area contributed by atoms with E-state index in [1.807, 2.05) is 72.4 Å². The standard InChI is InChI=1S/C19H19NOS.C18H17NOS.C14H16ClNOS.C13H14ClNOS.2CH4/c1-20-12-16-19-15-11-14(13-5-3-2-4-6-13)7-8-17(15)22-18(19)9-10-21-16;19-11-15-18-14-10-13(12-4-2-1-3-5-12)6-7-16(14)21-17(18)8-9-20-15;1-8-3-4-10-13(14(8)15)12-9(7-16-2)17-6-5-11(12)18-10;1-7-2-3-9-12(13(7)14)11-8(6-15)16-5-4-10(11)17-9;;/h2-8,11,16,20H,9-10,12H2,1H3;1-7,10,15H,8-9,11,19H2;3-4,9,16H,5-7H2,1-2H3;2-3,8H,4-6,15H2,1H3;2*1H4. The van der Waals surface area contributed by atoms with Gasteiger partial charge in [-0.05, 0) is 108 Å². The maximum Gasteiger partial charge on any atom is 0.0966 e. The van der Waals surface area contributed by atoms with Crippen LogP contribution in [0.3, 0.4) is 0 Å². The quantitative estimate of drug-likeness (QED) is 0.119. The fraction of sp³-hybridized carbons (Fsp3) is 0.333. The average Bonchev–Trinajstić information content (AvgIpc) is 4.34. The smallest absolute Gasteiger partial charge is 0.0966 e. The maximum absolute atomic E-state index is 6.50. The largest absolute Gasteiger partial charge is 0.372 e. The molecular weight excluding hydrogens is 1110 g/mol. The third kappa shape index (κ3) is 12.2. The third-order valence-electron chi connectivity index (χ3n) is 15.1. The maximum atomic E-state index is 6.50. The monoisotopic (exact) mass is 1180 g/mol. The van der Waals surface area contributed by atoms with Gasteiger partial charge in [-0.2, -0.15) is 0 Å². The van der Waals surface area contributed by atoms with E-state index in [1.54, 1.807) is 0 Å². The molecule has 0 saturated carbocycles. The second-order valence-electron chi connectivity index (χ2n) is 20.1. The van der Waals surface area contributed by atoms with Gasteiger partial charge in [0.05, 0.1) is 60.9 Å². The van der Waals surface area contributed by atoms with Crippen molar-refractivity contribution in [1.82, 2.24) is 10.6 Å². The molecule has 4 aliphatic rings. The molecule has 0 fully saturated rings. The summed E-state index contributed by atoms with van der Waals surface area (Å²) in [7, 11) is 3.95. The van der Waals surface area contributed by atoms with E-state index in [9.17, 15) is 0 Å². The van der Waals surface area contributed by atoms with E-state index >= 15 is 0 Å². The number of hydrogen-bond donors (Lipinski definition) is 4. The first-order chi connectivity index (χ1) is 38.2. The number of nitrogens with two attached hydrogens (primary N) is 2. The van der Waals surface area contributed by atoms with Gasteiger partial charge in [0, 0.05) is 123 Å². The van der Waals surface area contributed by atoms with Gasteiger partial charge in [-0.3, -0.25) is 0 Å². The van der Waals surface area contributed by atoms with Gasteiger partial charge in [0.2, 0.25) is 0 Å². The molecule has 10 aromatic rings. The molecule has 14 heteroatoms. The van der Waals surface area contributed by atoms with E-state index in [0.717, 1.165) is 91.8 Å². The molecule has 14 rings (SSSR count). The number of fused-ring (bicyclic) bond motifs is 12. The highest BCUT2D eigenvalue weighted by Crippen LogP contribution is 2.47. The minimum absolute atomic E-state index is 0. The topological polar surface area (TPSA) is 113 Å². The van der Waals surface area contributed by atoms with Crippen LogP contribution in [0, 0.1) is 13.8 Å². The molecule has 8 nitrogen and oxygen atoms in total. The Kier molecular flexibility index (Phi) is 20.4. The first kappa shape index (κ1) is 60.0. The van der Waals surface area contributed by atoms with Crippen molar-refractivity contribution in [2.45, 2.75) is 78.8 Å². The predicted molar refractivity (Wildman–Crippen MR) is 347 cm³/mol. The van der Waals surface area contributed by atoms with E-state index in [1.165, 1.54) is 99.0 Å². The number of benzene rings is 6. The lowest BCUT2D eigenvalue weighted by molar-refractivity contribution is 0.0461. The second kappa shape index (κ2) is 27.2. The summed E-state index contributed by atoms with van der Waals surface area (Å²) in [6.45, 7) is 10.1. The Morgan fingerprint density at radius 3 is 1.19 bits per heavy atom. The molecule has 0 aliphatic carbocycles. The third-order valence-corrected chi connectivity index (χ3v) is 21.0. The number of aryl methyl sites for hydroxylation is 2. The van der Waals surface area contributed by atoms with Crippen LogP contribution >= 0.6 is 68.5 Å². The molecule has 420 valence electrons. The minimum Gasteiger partial charge on any atom is -0.372 e. The Hall–Kier alpha value is -4.58. The molecule has 4 atom stereocenters. The Morgan fingerprint density at radius 1 is 0.438 bits per heavy atom. The van der Waals surface area contributed by atoms with Crippen LogP contribution in [0.2, 0.25) is 10.0 Å². The zero-order valence-electron chi connectivity index (χ0n) is 44.5. The molecule has 6 aromatic carbocycles. The van der Waals surface area contributed by atoms with Crippen molar-refractivity contribution in [1.29, 1.82) is 0 Å². The van der Waals surface area contributed by atoms with Crippen molar-refractivity contribution < 1.29 is 18.9 Å². The van der Waals surface area contributed by atoms with Crippen LogP contribution < -0.4 is 22.1 Å². The molecule has 80 heavy (non-hydrogen) atoms. The highest BCUT2D eigenvalue weighted by atomic mass is 35.5. The van der Waals surface area contributed by atoms with Crippen LogP contribution in [0.5, 0.6) is 0 Å². The first-order valence-corrected chi connectivity index (χ1v) is 31.0. The molecule has 8 heterocycles. The lowest BCUT2D eigenvalue weighted by Gasteiger charge is -2.24. The number of nitrogens with one attached hydrogen (secondary N) is 2. The molecule has 4 aliphatic heterocycles. The van der Waals surface area contributed by atoms with Gasteiger partial charge in [0.1, 0.15) is 0 Å². The number of halogens is 2. The number of rotatable bonds is 8. The zero-order valence-corrected chi connectivity index (χ0v) is 49.3. The van der Waals surface area contributed by atoms with Gasteiger partial charge in [-0.15, -0.1) is 45.3 Å². The first-order valence-electron chi connectivity index (χ1n) is 27.0.